The Morgan fingerprint density at radius 2 is 1.81 bits per heavy atom. The van der Waals surface area contributed by atoms with Gasteiger partial charge < -0.3 is 5.32 Å². The third kappa shape index (κ3) is 3.21. The number of hydrogen-bond acceptors (Lipinski definition) is 1. The molecule has 0 saturated carbocycles. The maximum Gasteiger partial charge on any atom is 0.143 e. The lowest BCUT2D eigenvalue weighted by atomic mass is 9.89. The summed E-state index contributed by atoms with van der Waals surface area (Å²) in [5, 5.41) is 3.49. The number of fused-ring (bicyclic) bond motifs is 1. The van der Waals surface area contributed by atoms with Gasteiger partial charge in [-0.2, -0.15) is 0 Å². The van der Waals surface area contributed by atoms with Gasteiger partial charge in [0.25, 0.3) is 0 Å². The molecular formula is C18H19ClFN. The van der Waals surface area contributed by atoms with Crippen molar-refractivity contribution >= 4 is 17.3 Å². The molecule has 1 atom stereocenters. The SMILES string of the molecule is CC(Nc1ccc(Cl)c(F)c1)c1ccc2c(c1)CCCC2. The molecule has 3 heteroatoms. The lowest BCUT2D eigenvalue weighted by Gasteiger charge is -2.20. The van der Waals surface area contributed by atoms with E-state index in [1.807, 2.05) is 0 Å². The Hall–Kier alpha value is -1.54. The van der Waals surface area contributed by atoms with E-state index in [1.165, 1.54) is 48.4 Å². The van der Waals surface area contributed by atoms with E-state index in [1.54, 1.807) is 12.1 Å². The molecule has 0 saturated heterocycles. The van der Waals surface area contributed by atoms with Crippen molar-refractivity contribution in [2.75, 3.05) is 5.32 Å². The van der Waals surface area contributed by atoms with Gasteiger partial charge >= 0.3 is 0 Å². The molecule has 0 spiro atoms. The van der Waals surface area contributed by atoms with Crippen molar-refractivity contribution < 1.29 is 4.39 Å². The number of rotatable bonds is 3. The molecule has 0 aromatic heterocycles. The Morgan fingerprint density at radius 1 is 1.05 bits per heavy atom. The Balaban J connectivity index is 1.78. The van der Waals surface area contributed by atoms with Crippen LogP contribution in [0.5, 0.6) is 0 Å². The molecule has 0 bridgehead atoms. The molecular weight excluding hydrogens is 285 g/mol. The van der Waals surface area contributed by atoms with Gasteiger partial charge in [-0.3, -0.25) is 0 Å². The van der Waals surface area contributed by atoms with E-state index in [9.17, 15) is 4.39 Å². The second-order valence-corrected chi connectivity index (χ2v) is 6.14. The molecule has 21 heavy (non-hydrogen) atoms. The molecule has 1 aliphatic rings. The molecule has 0 radical (unpaired) electrons. The van der Waals surface area contributed by atoms with Gasteiger partial charge in [-0.05, 0) is 67.5 Å². The van der Waals surface area contributed by atoms with Crippen molar-refractivity contribution in [1.82, 2.24) is 0 Å². The zero-order valence-corrected chi connectivity index (χ0v) is 12.9. The Bertz CT molecular complexity index is 654. The monoisotopic (exact) mass is 303 g/mol. The second-order valence-electron chi connectivity index (χ2n) is 5.73. The number of anilines is 1. The number of hydrogen-bond donors (Lipinski definition) is 1. The van der Waals surface area contributed by atoms with E-state index >= 15 is 0 Å². The van der Waals surface area contributed by atoms with Crippen LogP contribution in [0, 0.1) is 5.82 Å². The highest BCUT2D eigenvalue weighted by molar-refractivity contribution is 6.30. The first-order valence-electron chi connectivity index (χ1n) is 7.47. The summed E-state index contributed by atoms with van der Waals surface area (Å²) in [6.45, 7) is 2.09. The van der Waals surface area contributed by atoms with Gasteiger partial charge in [0.15, 0.2) is 0 Å². The van der Waals surface area contributed by atoms with Crippen molar-refractivity contribution in [3.05, 3.63) is 63.9 Å². The van der Waals surface area contributed by atoms with Gasteiger partial charge in [-0.1, -0.05) is 29.8 Å². The molecule has 0 amide bonds. The summed E-state index contributed by atoms with van der Waals surface area (Å²) in [5.74, 6) is -0.390. The average Bonchev–Trinajstić information content (AvgIpc) is 2.50. The summed E-state index contributed by atoms with van der Waals surface area (Å²) in [7, 11) is 0. The third-order valence-corrected chi connectivity index (χ3v) is 4.48. The van der Waals surface area contributed by atoms with Crippen LogP contribution in [0.15, 0.2) is 36.4 Å². The van der Waals surface area contributed by atoms with E-state index < -0.39 is 0 Å². The molecule has 3 rings (SSSR count). The van der Waals surface area contributed by atoms with E-state index in [0.717, 1.165) is 5.69 Å². The summed E-state index contributed by atoms with van der Waals surface area (Å²) in [5.41, 5.74) is 4.94. The van der Waals surface area contributed by atoms with Crippen LogP contribution < -0.4 is 5.32 Å². The molecule has 1 unspecified atom stereocenters. The van der Waals surface area contributed by atoms with Crippen molar-refractivity contribution in [2.24, 2.45) is 0 Å². The zero-order chi connectivity index (χ0) is 14.8. The lowest BCUT2D eigenvalue weighted by Crippen LogP contribution is -2.09. The van der Waals surface area contributed by atoms with Crippen molar-refractivity contribution in [1.29, 1.82) is 0 Å². The molecule has 1 aliphatic carbocycles. The van der Waals surface area contributed by atoms with Crippen LogP contribution in [0.2, 0.25) is 5.02 Å². The largest absolute Gasteiger partial charge is 0.378 e. The molecule has 1 nitrogen and oxygen atoms in total. The van der Waals surface area contributed by atoms with E-state index in [0.29, 0.717) is 0 Å². The maximum absolute atomic E-state index is 13.5. The zero-order valence-electron chi connectivity index (χ0n) is 12.1. The minimum atomic E-state index is -0.390. The molecule has 110 valence electrons. The highest BCUT2D eigenvalue weighted by Crippen LogP contribution is 2.27. The van der Waals surface area contributed by atoms with E-state index in [-0.39, 0.29) is 16.9 Å². The minimum absolute atomic E-state index is 0.137. The predicted molar refractivity (Wildman–Crippen MR) is 86.5 cm³/mol. The molecule has 2 aromatic carbocycles. The molecule has 0 aliphatic heterocycles. The van der Waals surface area contributed by atoms with Crippen LogP contribution in [-0.4, -0.2) is 0 Å². The van der Waals surface area contributed by atoms with Crippen LogP contribution >= 0.6 is 11.6 Å². The van der Waals surface area contributed by atoms with Gasteiger partial charge in [0.05, 0.1) is 5.02 Å². The highest BCUT2D eigenvalue weighted by Gasteiger charge is 2.12. The first kappa shape index (κ1) is 14.4. The van der Waals surface area contributed by atoms with Crippen LogP contribution in [0.1, 0.15) is 42.5 Å². The number of nitrogens with one attached hydrogen (secondary N) is 1. The molecule has 2 aromatic rings. The van der Waals surface area contributed by atoms with Crippen LogP contribution in [-0.2, 0) is 12.8 Å². The topological polar surface area (TPSA) is 12.0 Å². The summed E-state index contributed by atoms with van der Waals surface area (Å²) in [6, 6.07) is 11.7. The van der Waals surface area contributed by atoms with Gasteiger partial charge in [-0.25, -0.2) is 4.39 Å². The normalized spacial score (nSPS) is 15.4. The number of halogens is 2. The quantitative estimate of drug-likeness (QED) is 0.786. The summed E-state index contributed by atoms with van der Waals surface area (Å²) in [4.78, 5) is 0. The fraction of sp³-hybridized carbons (Fsp3) is 0.333. The molecule has 0 fully saturated rings. The van der Waals surface area contributed by atoms with Crippen LogP contribution in [0.4, 0.5) is 10.1 Å². The van der Waals surface area contributed by atoms with E-state index in [4.69, 9.17) is 11.6 Å². The molecule has 0 heterocycles. The predicted octanol–water partition coefficient (Wildman–Crippen LogP) is 5.53. The maximum atomic E-state index is 13.5. The van der Waals surface area contributed by atoms with Crippen LogP contribution in [0.25, 0.3) is 0 Å². The Morgan fingerprint density at radius 3 is 2.57 bits per heavy atom. The Kier molecular flexibility index (Phi) is 4.16. The highest BCUT2D eigenvalue weighted by atomic mass is 35.5. The van der Waals surface area contributed by atoms with Gasteiger partial charge in [0.2, 0.25) is 0 Å². The standard InChI is InChI=1S/C18H19ClFN/c1-12(21-16-8-9-17(19)18(20)11-16)14-7-6-13-4-2-3-5-15(13)10-14/h6-12,21H,2-5H2,1H3. The van der Waals surface area contributed by atoms with Crippen molar-refractivity contribution in [2.45, 2.75) is 38.6 Å². The van der Waals surface area contributed by atoms with Gasteiger partial charge in [0, 0.05) is 11.7 Å². The third-order valence-electron chi connectivity index (χ3n) is 4.18. The summed E-state index contributed by atoms with van der Waals surface area (Å²) in [6.07, 6.45) is 4.94. The first-order valence-corrected chi connectivity index (χ1v) is 7.84. The lowest BCUT2D eigenvalue weighted by molar-refractivity contribution is 0.628. The van der Waals surface area contributed by atoms with Gasteiger partial charge in [-0.15, -0.1) is 0 Å². The summed E-state index contributed by atoms with van der Waals surface area (Å²) < 4.78 is 13.5. The van der Waals surface area contributed by atoms with Crippen LogP contribution in [0.3, 0.4) is 0 Å². The fourth-order valence-electron chi connectivity index (χ4n) is 2.94. The van der Waals surface area contributed by atoms with Crippen molar-refractivity contribution in [3.63, 3.8) is 0 Å². The van der Waals surface area contributed by atoms with Gasteiger partial charge in [0.1, 0.15) is 5.82 Å². The average molecular weight is 304 g/mol. The second kappa shape index (κ2) is 6.07. The summed E-state index contributed by atoms with van der Waals surface area (Å²) >= 11 is 5.71. The Labute approximate surface area is 130 Å². The number of benzene rings is 2. The minimum Gasteiger partial charge on any atom is -0.378 e. The van der Waals surface area contributed by atoms with E-state index in [2.05, 4.69) is 30.4 Å². The van der Waals surface area contributed by atoms with Crippen molar-refractivity contribution in [3.8, 4) is 0 Å². The first-order chi connectivity index (χ1) is 10.1. The fourth-order valence-corrected chi connectivity index (χ4v) is 3.06. The smallest absolute Gasteiger partial charge is 0.143 e. The number of aryl methyl sites for hydroxylation is 2. The molecule has 1 N–H and O–H groups in total.